The van der Waals surface area contributed by atoms with Crippen molar-refractivity contribution in [3.8, 4) is 10.7 Å². The van der Waals surface area contributed by atoms with Crippen LogP contribution in [-0.2, 0) is 11.3 Å². The highest BCUT2D eigenvalue weighted by Gasteiger charge is 2.18. The number of benzene rings is 1. The molecule has 1 aromatic carbocycles. The number of rotatable bonds is 7. The molecule has 7 heteroatoms. The molecule has 0 saturated carbocycles. The lowest BCUT2D eigenvalue weighted by Gasteiger charge is -2.13. The molecule has 0 bridgehead atoms. The van der Waals surface area contributed by atoms with Crippen molar-refractivity contribution in [2.24, 2.45) is 5.73 Å². The third kappa shape index (κ3) is 3.85. The number of hydrogen-bond acceptors (Lipinski definition) is 5. The van der Waals surface area contributed by atoms with Crippen LogP contribution in [0, 0.1) is 0 Å². The quantitative estimate of drug-likeness (QED) is 0.653. The number of carbonyl (C=O) groups is 1. The maximum absolute atomic E-state index is 11.2. The lowest BCUT2D eigenvalue weighted by molar-refractivity contribution is -0.118. The molecule has 0 aliphatic rings. The fourth-order valence-corrected chi connectivity index (χ4v) is 4.06. The van der Waals surface area contributed by atoms with Gasteiger partial charge in [0.2, 0.25) is 5.91 Å². The minimum absolute atomic E-state index is 0.235. The number of thioether (sulfide) groups is 1. The predicted octanol–water partition coefficient (Wildman–Crippen LogP) is 3.74. The molecule has 1 atom stereocenters. The second kappa shape index (κ2) is 7.63. The minimum Gasteiger partial charge on any atom is -0.370 e. The summed E-state index contributed by atoms with van der Waals surface area (Å²) in [5.41, 5.74) is 6.55. The molecule has 2 N–H and O–H groups in total. The van der Waals surface area contributed by atoms with Crippen LogP contribution in [-0.4, -0.2) is 20.7 Å². The van der Waals surface area contributed by atoms with Crippen LogP contribution in [0.25, 0.3) is 10.7 Å². The van der Waals surface area contributed by atoms with Gasteiger partial charge in [-0.05, 0) is 23.9 Å². The Labute approximate surface area is 148 Å². The van der Waals surface area contributed by atoms with Gasteiger partial charge >= 0.3 is 0 Å². The zero-order chi connectivity index (χ0) is 16.9. The van der Waals surface area contributed by atoms with E-state index in [9.17, 15) is 4.79 Å². The molecule has 1 unspecified atom stereocenters. The van der Waals surface area contributed by atoms with Gasteiger partial charge in [-0.2, -0.15) is 0 Å². The van der Waals surface area contributed by atoms with Crippen molar-refractivity contribution in [2.45, 2.75) is 30.3 Å². The first-order chi connectivity index (χ1) is 11.6. The smallest absolute Gasteiger partial charge is 0.219 e. The summed E-state index contributed by atoms with van der Waals surface area (Å²) < 4.78 is 1.99. The highest BCUT2D eigenvalue weighted by Crippen LogP contribution is 2.36. The molecule has 3 aromatic rings. The number of carbonyl (C=O) groups excluding carboxylic acids is 1. The van der Waals surface area contributed by atoms with Crippen molar-refractivity contribution in [3.63, 3.8) is 0 Å². The largest absolute Gasteiger partial charge is 0.370 e. The summed E-state index contributed by atoms with van der Waals surface area (Å²) in [5, 5.41) is 11.7. The van der Waals surface area contributed by atoms with E-state index in [1.165, 1.54) is 5.56 Å². The van der Waals surface area contributed by atoms with E-state index in [2.05, 4.69) is 29.3 Å². The van der Waals surface area contributed by atoms with E-state index in [0.717, 1.165) is 15.9 Å². The van der Waals surface area contributed by atoms with E-state index >= 15 is 0 Å². The molecular weight excluding hydrogens is 340 g/mol. The Hall–Kier alpha value is -2.12. The molecule has 1 amide bonds. The van der Waals surface area contributed by atoms with Crippen LogP contribution in [0.3, 0.4) is 0 Å². The van der Waals surface area contributed by atoms with E-state index < -0.39 is 0 Å². The van der Waals surface area contributed by atoms with Gasteiger partial charge in [0.05, 0.1) is 4.88 Å². The molecule has 2 aromatic heterocycles. The zero-order valence-electron chi connectivity index (χ0n) is 13.3. The van der Waals surface area contributed by atoms with Crippen LogP contribution in [0.5, 0.6) is 0 Å². The van der Waals surface area contributed by atoms with Crippen LogP contribution in [0.2, 0.25) is 0 Å². The summed E-state index contributed by atoms with van der Waals surface area (Å²) >= 11 is 3.24. The Kier molecular flexibility index (Phi) is 5.32. The van der Waals surface area contributed by atoms with Gasteiger partial charge in [0.25, 0.3) is 0 Å². The van der Waals surface area contributed by atoms with Crippen molar-refractivity contribution in [2.75, 3.05) is 0 Å². The van der Waals surface area contributed by atoms with Crippen molar-refractivity contribution >= 4 is 29.0 Å². The summed E-state index contributed by atoms with van der Waals surface area (Å²) in [7, 11) is 0. The van der Waals surface area contributed by atoms with Crippen molar-refractivity contribution in [3.05, 3.63) is 53.4 Å². The molecule has 0 fully saturated rings. The van der Waals surface area contributed by atoms with Gasteiger partial charge in [-0.15, -0.1) is 21.5 Å². The first kappa shape index (κ1) is 16.7. The van der Waals surface area contributed by atoms with E-state index in [-0.39, 0.29) is 17.6 Å². The van der Waals surface area contributed by atoms with Crippen LogP contribution in [0.1, 0.15) is 24.2 Å². The average Bonchev–Trinajstić information content (AvgIpc) is 3.23. The average molecular weight is 358 g/mol. The van der Waals surface area contributed by atoms with Gasteiger partial charge in [-0.3, -0.25) is 4.79 Å². The number of aromatic nitrogens is 3. The second-order valence-corrected chi connectivity index (χ2v) is 7.58. The van der Waals surface area contributed by atoms with Gasteiger partial charge in [-0.1, -0.05) is 48.2 Å². The summed E-state index contributed by atoms with van der Waals surface area (Å²) in [6.45, 7) is 2.62. The highest BCUT2D eigenvalue weighted by atomic mass is 32.2. The van der Waals surface area contributed by atoms with Crippen LogP contribution in [0.4, 0.5) is 0 Å². The van der Waals surface area contributed by atoms with Crippen molar-refractivity contribution in [1.29, 1.82) is 0 Å². The molecule has 0 aliphatic carbocycles. The van der Waals surface area contributed by atoms with Crippen LogP contribution >= 0.6 is 23.1 Å². The molecule has 24 heavy (non-hydrogen) atoms. The third-order valence-corrected chi connectivity index (χ3v) is 5.60. The van der Waals surface area contributed by atoms with E-state index in [0.29, 0.717) is 6.54 Å². The maximum Gasteiger partial charge on any atom is 0.219 e. The Morgan fingerprint density at radius 1 is 1.25 bits per heavy atom. The Balaban J connectivity index is 1.88. The van der Waals surface area contributed by atoms with Crippen LogP contribution in [0.15, 0.2) is 53.0 Å². The molecule has 3 rings (SSSR count). The van der Waals surface area contributed by atoms with Crippen molar-refractivity contribution in [1.82, 2.24) is 14.8 Å². The highest BCUT2D eigenvalue weighted by molar-refractivity contribution is 7.99. The normalized spacial score (nSPS) is 12.2. The molecular formula is C17H18N4OS2. The number of primary amides is 1. The first-order valence-corrected chi connectivity index (χ1v) is 9.38. The zero-order valence-corrected chi connectivity index (χ0v) is 14.9. The number of nitrogens with two attached hydrogens (primary N) is 1. The number of nitrogens with zero attached hydrogens (tertiary/aromatic N) is 3. The van der Waals surface area contributed by atoms with Gasteiger partial charge in [0.15, 0.2) is 11.0 Å². The fraction of sp³-hybridized carbons (Fsp3) is 0.235. The standard InChI is InChI=1S/C17H18N4OS2/c1-12(13-6-3-2-4-7-13)24-17-20-19-16(14-8-5-11-23-14)21(17)10-9-15(18)22/h2-8,11-12H,9-10H2,1H3,(H2,18,22). The molecule has 5 nitrogen and oxygen atoms in total. The fourth-order valence-electron chi connectivity index (χ4n) is 2.34. The minimum atomic E-state index is -0.326. The first-order valence-electron chi connectivity index (χ1n) is 7.62. The number of hydrogen-bond donors (Lipinski definition) is 1. The second-order valence-electron chi connectivity index (χ2n) is 5.32. The molecule has 0 saturated heterocycles. The molecule has 124 valence electrons. The summed E-state index contributed by atoms with van der Waals surface area (Å²) in [5.74, 6) is 0.460. The van der Waals surface area contributed by atoms with Gasteiger partial charge < -0.3 is 10.3 Å². The summed E-state index contributed by atoms with van der Waals surface area (Å²) in [6, 6.07) is 14.2. The monoisotopic (exact) mass is 358 g/mol. The van der Waals surface area contributed by atoms with E-state index in [4.69, 9.17) is 5.73 Å². The Morgan fingerprint density at radius 2 is 2.04 bits per heavy atom. The number of thiophene rings is 1. The van der Waals surface area contributed by atoms with Crippen LogP contribution < -0.4 is 5.73 Å². The Morgan fingerprint density at radius 3 is 2.71 bits per heavy atom. The number of amides is 1. The molecule has 0 radical (unpaired) electrons. The van der Waals surface area contributed by atoms with E-state index in [1.54, 1.807) is 23.1 Å². The topological polar surface area (TPSA) is 73.8 Å². The SMILES string of the molecule is CC(Sc1nnc(-c2cccs2)n1CCC(N)=O)c1ccccc1. The van der Waals surface area contributed by atoms with Crippen molar-refractivity contribution < 1.29 is 4.79 Å². The summed E-state index contributed by atoms with van der Waals surface area (Å²) in [4.78, 5) is 12.2. The lowest BCUT2D eigenvalue weighted by atomic mass is 10.2. The van der Waals surface area contributed by atoms with Gasteiger partial charge in [0, 0.05) is 18.2 Å². The van der Waals surface area contributed by atoms with Gasteiger partial charge in [0.1, 0.15) is 0 Å². The third-order valence-electron chi connectivity index (χ3n) is 3.59. The summed E-state index contributed by atoms with van der Waals surface area (Å²) in [6.07, 6.45) is 0.268. The van der Waals surface area contributed by atoms with E-state index in [1.807, 2.05) is 40.3 Å². The lowest BCUT2D eigenvalue weighted by Crippen LogP contribution is -2.15. The maximum atomic E-state index is 11.2. The predicted molar refractivity (Wildman–Crippen MR) is 97.9 cm³/mol. The molecule has 2 heterocycles. The molecule has 0 spiro atoms. The molecule has 0 aliphatic heterocycles. The van der Waals surface area contributed by atoms with Gasteiger partial charge in [-0.25, -0.2) is 0 Å². The Bertz CT molecular complexity index is 799.